The first-order valence-electron chi connectivity index (χ1n) is 9.90. The largest absolute Gasteiger partial charge is 0.494 e. The molecule has 1 aliphatic heterocycles. The lowest BCUT2D eigenvalue weighted by atomic mass is 9.91. The number of unbranched alkanes of at least 4 members (excludes halogenated alkanes) is 1. The van der Waals surface area contributed by atoms with Crippen LogP contribution in [0.2, 0.25) is 0 Å². The van der Waals surface area contributed by atoms with Gasteiger partial charge in [0, 0.05) is 26.7 Å². The highest BCUT2D eigenvalue weighted by molar-refractivity contribution is 7.86. The monoisotopic (exact) mass is 382 g/mol. The number of ether oxygens (including phenoxy) is 1. The summed E-state index contributed by atoms with van der Waals surface area (Å²) in [6, 6.07) is 8.32. The Bertz CT molecular complexity index is 623. The quantitative estimate of drug-likeness (QED) is 0.620. The zero-order valence-corrected chi connectivity index (χ0v) is 17.3. The smallest absolute Gasteiger partial charge is 0.281 e. The summed E-state index contributed by atoms with van der Waals surface area (Å²) in [5.74, 6) is 1.52. The maximum atomic E-state index is 12.6. The minimum atomic E-state index is -3.28. The van der Waals surface area contributed by atoms with Crippen LogP contribution in [0.5, 0.6) is 5.75 Å². The van der Waals surface area contributed by atoms with Crippen molar-refractivity contribution in [3.63, 3.8) is 0 Å². The lowest BCUT2D eigenvalue weighted by Crippen LogP contribution is -2.46. The van der Waals surface area contributed by atoms with Crippen molar-refractivity contribution in [1.29, 1.82) is 0 Å². The maximum absolute atomic E-state index is 12.6. The van der Waals surface area contributed by atoms with Crippen molar-refractivity contribution in [2.24, 2.45) is 5.92 Å². The molecule has 1 heterocycles. The van der Waals surface area contributed by atoms with Crippen molar-refractivity contribution in [2.75, 3.05) is 33.3 Å². The Morgan fingerprint density at radius 2 is 1.81 bits per heavy atom. The van der Waals surface area contributed by atoms with Crippen LogP contribution >= 0.6 is 0 Å². The van der Waals surface area contributed by atoms with Crippen LogP contribution in [-0.2, 0) is 16.6 Å². The molecule has 2 rings (SSSR count). The molecule has 1 aliphatic rings. The molecular weight excluding hydrogens is 348 g/mol. The van der Waals surface area contributed by atoms with E-state index in [-0.39, 0.29) is 0 Å². The van der Waals surface area contributed by atoms with Crippen molar-refractivity contribution in [2.45, 2.75) is 52.4 Å². The standard InChI is InChI=1S/C20H34N2O3S/c1-4-6-15-21(3)26(23,24)22-16-13-19(14-17-22)8-7-18-9-11-20(12-10-18)25-5-2/h9-12,19H,4-8,13-17H2,1-3H3. The molecule has 0 atom stereocenters. The van der Waals surface area contributed by atoms with Crippen molar-refractivity contribution >= 4 is 10.2 Å². The minimum Gasteiger partial charge on any atom is -0.494 e. The Morgan fingerprint density at radius 1 is 1.15 bits per heavy atom. The third-order valence-corrected chi connectivity index (χ3v) is 7.18. The predicted octanol–water partition coefficient (Wildman–Crippen LogP) is 3.71. The molecule has 0 aromatic heterocycles. The van der Waals surface area contributed by atoms with Crippen molar-refractivity contribution in [3.8, 4) is 5.75 Å². The van der Waals surface area contributed by atoms with Gasteiger partial charge in [-0.05, 0) is 62.6 Å². The average Bonchev–Trinajstić information content (AvgIpc) is 2.66. The molecule has 0 aliphatic carbocycles. The highest BCUT2D eigenvalue weighted by Gasteiger charge is 2.30. The van der Waals surface area contributed by atoms with Gasteiger partial charge in [0.05, 0.1) is 6.61 Å². The van der Waals surface area contributed by atoms with Crippen LogP contribution in [0.25, 0.3) is 0 Å². The number of aryl methyl sites for hydroxylation is 1. The van der Waals surface area contributed by atoms with E-state index in [1.54, 1.807) is 11.4 Å². The molecule has 0 spiro atoms. The second-order valence-electron chi connectivity index (χ2n) is 7.14. The predicted molar refractivity (Wildman–Crippen MR) is 107 cm³/mol. The van der Waals surface area contributed by atoms with E-state index in [0.29, 0.717) is 32.2 Å². The molecule has 1 saturated heterocycles. The topological polar surface area (TPSA) is 49.9 Å². The first kappa shape index (κ1) is 21.2. The second-order valence-corrected chi connectivity index (χ2v) is 9.18. The van der Waals surface area contributed by atoms with Crippen molar-refractivity contribution in [1.82, 2.24) is 8.61 Å². The lowest BCUT2D eigenvalue weighted by molar-refractivity contribution is 0.250. The Labute approximate surface area is 159 Å². The summed E-state index contributed by atoms with van der Waals surface area (Å²) >= 11 is 0. The van der Waals surface area contributed by atoms with E-state index in [0.717, 1.165) is 44.3 Å². The molecule has 0 unspecified atom stereocenters. The van der Waals surface area contributed by atoms with E-state index >= 15 is 0 Å². The third-order valence-electron chi connectivity index (χ3n) is 5.20. The van der Waals surface area contributed by atoms with Crippen LogP contribution in [0, 0.1) is 5.92 Å². The molecule has 1 aromatic carbocycles. The molecule has 6 heteroatoms. The summed E-state index contributed by atoms with van der Waals surface area (Å²) in [5.41, 5.74) is 1.32. The van der Waals surface area contributed by atoms with Gasteiger partial charge >= 0.3 is 0 Å². The van der Waals surface area contributed by atoms with Gasteiger partial charge in [0.1, 0.15) is 5.75 Å². The Morgan fingerprint density at radius 3 is 2.38 bits per heavy atom. The van der Waals surface area contributed by atoms with Crippen molar-refractivity contribution in [3.05, 3.63) is 29.8 Å². The minimum absolute atomic E-state index is 0.606. The van der Waals surface area contributed by atoms with Crippen LogP contribution in [-0.4, -0.2) is 50.3 Å². The fourth-order valence-corrected chi connectivity index (χ4v) is 4.84. The summed E-state index contributed by atoms with van der Waals surface area (Å²) in [7, 11) is -1.58. The van der Waals surface area contributed by atoms with Gasteiger partial charge in [0.25, 0.3) is 10.2 Å². The van der Waals surface area contributed by atoms with Gasteiger partial charge in [0.2, 0.25) is 0 Å². The van der Waals surface area contributed by atoms with Crippen LogP contribution < -0.4 is 4.74 Å². The molecule has 0 radical (unpaired) electrons. The normalized spacial score (nSPS) is 16.9. The van der Waals surface area contributed by atoms with Gasteiger partial charge in [-0.2, -0.15) is 17.0 Å². The lowest BCUT2D eigenvalue weighted by Gasteiger charge is -2.33. The van der Waals surface area contributed by atoms with E-state index in [1.165, 1.54) is 9.87 Å². The molecular formula is C20H34N2O3S. The van der Waals surface area contributed by atoms with Gasteiger partial charge < -0.3 is 4.74 Å². The summed E-state index contributed by atoms with van der Waals surface area (Å²) < 4.78 is 33.9. The van der Waals surface area contributed by atoms with E-state index < -0.39 is 10.2 Å². The number of piperidine rings is 1. The fraction of sp³-hybridized carbons (Fsp3) is 0.700. The molecule has 26 heavy (non-hydrogen) atoms. The molecule has 5 nitrogen and oxygen atoms in total. The van der Waals surface area contributed by atoms with Crippen LogP contribution in [0.3, 0.4) is 0 Å². The third kappa shape index (κ3) is 5.96. The molecule has 0 amide bonds. The molecule has 148 valence electrons. The first-order chi connectivity index (χ1) is 12.5. The summed E-state index contributed by atoms with van der Waals surface area (Å²) in [4.78, 5) is 0. The average molecular weight is 383 g/mol. The zero-order chi connectivity index (χ0) is 19.0. The van der Waals surface area contributed by atoms with Gasteiger partial charge in [0.15, 0.2) is 0 Å². The highest BCUT2D eigenvalue weighted by atomic mass is 32.2. The summed E-state index contributed by atoms with van der Waals surface area (Å²) in [6.45, 7) is 6.66. The molecule has 1 aromatic rings. The Hall–Kier alpha value is -1.11. The molecule has 0 bridgehead atoms. The number of benzene rings is 1. The van der Waals surface area contributed by atoms with E-state index in [1.807, 2.05) is 19.1 Å². The van der Waals surface area contributed by atoms with E-state index in [9.17, 15) is 8.42 Å². The van der Waals surface area contributed by atoms with Gasteiger partial charge in [-0.15, -0.1) is 0 Å². The SMILES string of the molecule is CCCCN(C)S(=O)(=O)N1CCC(CCc2ccc(OCC)cc2)CC1. The number of nitrogens with zero attached hydrogens (tertiary/aromatic N) is 2. The first-order valence-corrected chi connectivity index (χ1v) is 11.3. The molecule has 0 N–H and O–H groups in total. The maximum Gasteiger partial charge on any atom is 0.281 e. The summed E-state index contributed by atoms with van der Waals surface area (Å²) in [6.07, 6.45) is 5.99. The number of hydrogen-bond acceptors (Lipinski definition) is 3. The van der Waals surface area contributed by atoms with Gasteiger partial charge in [-0.25, -0.2) is 0 Å². The second kappa shape index (κ2) is 10.3. The van der Waals surface area contributed by atoms with Crippen LogP contribution in [0.1, 0.15) is 51.5 Å². The number of hydrogen-bond donors (Lipinski definition) is 0. The van der Waals surface area contributed by atoms with E-state index in [2.05, 4.69) is 19.1 Å². The van der Waals surface area contributed by atoms with Gasteiger partial charge in [-0.3, -0.25) is 0 Å². The Kier molecular flexibility index (Phi) is 8.38. The highest BCUT2D eigenvalue weighted by Crippen LogP contribution is 2.25. The Balaban J connectivity index is 1.77. The van der Waals surface area contributed by atoms with E-state index in [4.69, 9.17) is 4.74 Å². The fourth-order valence-electron chi connectivity index (χ4n) is 3.41. The van der Waals surface area contributed by atoms with Crippen LogP contribution in [0.4, 0.5) is 0 Å². The molecule has 1 fully saturated rings. The van der Waals surface area contributed by atoms with Crippen LogP contribution in [0.15, 0.2) is 24.3 Å². The zero-order valence-electron chi connectivity index (χ0n) is 16.5. The van der Waals surface area contributed by atoms with Gasteiger partial charge in [-0.1, -0.05) is 25.5 Å². The molecule has 0 saturated carbocycles. The number of rotatable bonds is 10. The van der Waals surface area contributed by atoms with Crippen molar-refractivity contribution < 1.29 is 13.2 Å². The summed E-state index contributed by atoms with van der Waals surface area (Å²) in [5, 5.41) is 0.